The summed E-state index contributed by atoms with van der Waals surface area (Å²) in [6.45, 7) is 3.19. The van der Waals surface area contributed by atoms with Crippen molar-refractivity contribution in [2.24, 2.45) is 17.6 Å². The maximum Gasteiger partial charge on any atom is 0.223 e. The van der Waals surface area contributed by atoms with Crippen LogP contribution in [0.1, 0.15) is 39.0 Å². The van der Waals surface area contributed by atoms with Gasteiger partial charge in [-0.25, -0.2) is 12.7 Å². The molecule has 2 unspecified atom stereocenters. The lowest BCUT2D eigenvalue weighted by atomic mass is 9.95. The van der Waals surface area contributed by atoms with E-state index in [9.17, 15) is 13.2 Å². The Kier molecular flexibility index (Phi) is 5.62. The van der Waals surface area contributed by atoms with Crippen LogP contribution in [-0.2, 0) is 14.8 Å². The van der Waals surface area contributed by atoms with Crippen LogP contribution in [0.4, 0.5) is 0 Å². The van der Waals surface area contributed by atoms with Crippen molar-refractivity contribution in [1.82, 2.24) is 9.62 Å². The van der Waals surface area contributed by atoms with Crippen molar-refractivity contribution < 1.29 is 13.2 Å². The van der Waals surface area contributed by atoms with Crippen molar-refractivity contribution >= 4 is 15.9 Å². The number of nitrogens with zero attached hydrogens (tertiary/aromatic N) is 1. The van der Waals surface area contributed by atoms with Gasteiger partial charge in [0.05, 0.1) is 5.75 Å². The number of sulfonamides is 1. The minimum absolute atomic E-state index is 0.0627. The second-order valence-electron chi connectivity index (χ2n) is 6.12. The third kappa shape index (κ3) is 3.96. The normalized spacial score (nSPS) is 28.7. The highest BCUT2D eigenvalue weighted by molar-refractivity contribution is 7.89. The molecule has 1 heterocycles. The van der Waals surface area contributed by atoms with Gasteiger partial charge < -0.3 is 11.1 Å². The van der Waals surface area contributed by atoms with E-state index in [4.69, 9.17) is 5.73 Å². The summed E-state index contributed by atoms with van der Waals surface area (Å²) in [5.41, 5.74) is 5.74. The number of hydrogen-bond acceptors (Lipinski definition) is 4. The molecule has 0 spiro atoms. The first-order valence-corrected chi connectivity index (χ1v) is 9.57. The highest BCUT2D eigenvalue weighted by atomic mass is 32.2. The van der Waals surface area contributed by atoms with Crippen LogP contribution in [0.3, 0.4) is 0 Å². The quantitative estimate of drug-likeness (QED) is 0.762. The summed E-state index contributed by atoms with van der Waals surface area (Å²) in [6.07, 6.45) is 4.46. The Morgan fingerprint density at radius 3 is 2.48 bits per heavy atom. The topological polar surface area (TPSA) is 92.5 Å². The van der Waals surface area contributed by atoms with Crippen molar-refractivity contribution in [3.05, 3.63) is 0 Å². The van der Waals surface area contributed by atoms with Crippen LogP contribution >= 0.6 is 0 Å². The number of carbonyl (C=O) groups is 1. The van der Waals surface area contributed by atoms with E-state index in [-0.39, 0.29) is 23.6 Å². The lowest BCUT2D eigenvalue weighted by molar-refractivity contribution is -0.127. The number of rotatable bonds is 5. The molecule has 1 amide bonds. The first-order valence-electron chi connectivity index (χ1n) is 7.96. The number of nitrogens with one attached hydrogen (secondary N) is 1. The van der Waals surface area contributed by atoms with E-state index in [1.54, 1.807) is 6.92 Å². The zero-order chi connectivity index (χ0) is 15.5. The fourth-order valence-electron chi connectivity index (χ4n) is 3.39. The van der Waals surface area contributed by atoms with Gasteiger partial charge in [-0.2, -0.15) is 0 Å². The van der Waals surface area contributed by atoms with E-state index in [1.165, 1.54) is 4.31 Å². The molecule has 1 saturated heterocycles. The van der Waals surface area contributed by atoms with Gasteiger partial charge >= 0.3 is 0 Å². The van der Waals surface area contributed by atoms with Crippen LogP contribution in [0, 0.1) is 11.8 Å². The van der Waals surface area contributed by atoms with Crippen molar-refractivity contribution in [2.75, 3.05) is 25.4 Å². The minimum atomic E-state index is -3.12. The third-order valence-electron chi connectivity index (χ3n) is 4.87. The van der Waals surface area contributed by atoms with Gasteiger partial charge in [0.1, 0.15) is 0 Å². The van der Waals surface area contributed by atoms with Gasteiger partial charge in [-0.05, 0) is 45.1 Å². The van der Waals surface area contributed by atoms with Crippen LogP contribution in [-0.4, -0.2) is 50.1 Å². The molecule has 21 heavy (non-hydrogen) atoms. The van der Waals surface area contributed by atoms with E-state index in [0.717, 1.165) is 19.3 Å². The van der Waals surface area contributed by atoms with Gasteiger partial charge in [-0.15, -0.1) is 0 Å². The van der Waals surface area contributed by atoms with Crippen LogP contribution in [0.2, 0.25) is 0 Å². The van der Waals surface area contributed by atoms with E-state index in [2.05, 4.69) is 5.32 Å². The number of amides is 1. The molecule has 2 atom stereocenters. The maximum atomic E-state index is 12.3. The molecule has 0 radical (unpaired) electrons. The molecular weight excluding hydrogens is 290 g/mol. The van der Waals surface area contributed by atoms with Crippen LogP contribution in [0.15, 0.2) is 0 Å². The predicted octanol–water partition coefficient (Wildman–Crippen LogP) is 0.292. The summed E-state index contributed by atoms with van der Waals surface area (Å²) in [6, 6.07) is 0.208. The molecule has 7 heteroatoms. The molecule has 6 nitrogen and oxygen atoms in total. The average molecular weight is 317 g/mol. The molecule has 1 aliphatic carbocycles. The number of hydrogen-bond donors (Lipinski definition) is 2. The Morgan fingerprint density at radius 2 is 1.90 bits per heavy atom. The van der Waals surface area contributed by atoms with Crippen LogP contribution in [0.25, 0.3) is 0 Å². The van der Waals surface area contributed by atoms with Gasteiger partial charge in [0, 0.05) is 25.0 Å². The minimum Gasteiger partial charge on any atom is -0.353 e. The monoisotopic (exact) mass is 317 g/mol. The Balaban J connectivity index is 1.83. The first-order chi connectivity index (χ1) is 9.97. The van der Waals surface area contributed by atoms with Gasteiger partial charge in [0.15, 0.2) is 0 Å². The summed E-state index contributed by atoms with van der Waals surface area (Å²) >= 11 is 0. The number of nitrogens with two attached hydrogens (primary N) is 1. The smallest absolute Gasteiger partial charge is 0.223 e. The molecule has 1 aliphatic heterocycles. The van der Waals surface area contributed by atoms with E-state index >= 15 is 0 Å². The lowest BCUT2D eigenvalue weighted by Gasteiger charge is -2.31. The van der Waals surface area contributed by atoms with E-state index < -0.39 is 10.0 Å². The summed E-state index contributed by atoms with van der Waals surface area (Å²) in [5, 5.41) is 3.13. The van der Waals surface area contributed by atoms with Crippen LogP contribution in [0.5, 0.6) is 0 Å². The summed E-state index contributed by atoms with van der Waals surface area (Å²) in [7, 11) is -3.12. The van der Waals surface area contributed by atoms with E-state index in [1.807, 2.05) is 0 Å². The summed E-state index contributed by atoms with van der Waals surface area (Å²) in [5.74, 6) is 0.542. The molecule has 0 aromatic rings. The Bertz CT molecular complexity index is 458. The van der Waals surface area contributed by atoms with Crippen molar-refractivity contribution in [2.45, 2.75) is 45.1 Å². The molecule has 1 saturated carbocycles. The molecule has 122 valence electrons. The van der Waals surface area contributed by atoms with E-state index in [0.29, 0.717) is 38.4 Å². The van der Waals surface area contributed by atoms with Gasteiger partial charge in [-0.1, -0.05) is 6.42 Å². The lowest BCUT2D eigenvalue weighted by Crippen LogP contribution is -2.47. The maximum absolute atomic E-state index is 12.3. The van der Waals surface area contributed by atoms with Crippen LogP contribution < -0.4 is 11.1 Å². The second-order valence-corrected chi connectivity index (χ2v) is 8.37. The third-order valence-corrected chi connectivity index (χ3v) is 6.75. The molecule has 0 aromatic heterocycles. The number of carbonyl (C=O) groups excluding carboxylic acids is 1. The fourth-order valence-corrected chi connectivity index (χ4v) is 4.52. The van der Waals surface area contributed by atoms with Crippen molar-refractivity contribution in [3.8, 4) is 0 Å². The fraction of sp³-hybridized carbons (Fsp3) is 0.929. The zero-order valence-electron chi connectivity index (χ0n) is 12.8. The SMILES string of the molecule is CCS(=O)(=O)N1CCC(C(=O)NC2CCCC2CN)CC1. The molecule has 2 rings (SSSR count). The first kappa shape index (κ1) is 16.7. The van der Waals surface area contributed by atoms with Gasteiger partial charge in [0.25, 0.3) is 0 Å². The molecule has 0 aromatic carbocycles. The van der Waals surface area contributed by atoms with Gasteiger partial charge in [-0.3, -0.25) is 4.79 Å². The molecule has 3 N–H and O–H groups in total. The second kappa shape index (κ2) is 7.07. The molecule has 0 bridgehead atoms. The predicted molar refractivity (Wildman–Crippen MR) is 82.1 cm³/mol. The highest BCUT2D eigenvalue weighted by Gasteiger charge is 2.33. The zero-order valence-corrected chi connectivity index (χ0v) is 13.6. The summed E-state index contributed by atoms with van der Waals surface area (Å²) in [4.78, 5) is 12.3. The average Bonchev–Trinajstić information content (AvgIpc) is 2.94. The summed E-state index contributed by atoms with van der Waals surface area (Å²) < 4.78 is 25.1. The Hall–Kier alpha value is -0.660. The largest absolute Gasteiger partial charge is 0.353 e. The Labute approximate surface area is 127 Å². The Morgan fingerprint density at radius 1 is 1.24 bits per heavy atom. The van der Waals surface area contributed by atoms with Crippen molar-refractivity contribution in [3.63, 3.8) is 0 Å². The van der Waals surface area contributed by atoms with Gasteiger partial charge in [0.2, 0.25) is 15.9 Å². The molecule has 2 fully saturated rings. The molecular formula is C14H27N3O3S. The highest BCUT2D eigenvalue weighted by Crippen LogP contribution is 2.26. The van der Waals surface area contributed by atoms with Crippen molar-refractivity contribution in [1.29, 1.82) is 0 Å². The number of piperidine rings is 1. The standard InChI is InChI=1S/C14H27N3O3S/c1-2-21(19,20)17-8-6-11(7-9-17)14(18)16-13-5-3-4-12(13)10-15/h11-13H,2-10,15H2,1H3,(H,16,18). The molecule has 2 aliphatic rings.